The van der Waals surface area contributed by atoms with Gasteiger partial charge in [-0.05, 0) is 31.7 Å². The fourth-order valence-electron chi connectivity index (χ4n) is 4.34. The van der Waals surface area contributed by atoms with Gasteiger partial charge in [-0.3, -0.25) is 14.9 Å². The number of rotatable bonds is 4. The molecule has 0 unspecified atom stereocenters. The lowest BCUT2D eigenvalue weighted by atomic mass is 9.78. The van der Waals surface area contributed by atoms with Crippen molar-refractivity contribution >= 4 is 11.8 Å². The van der Waals surface area contributed by atoms with E-state index in [0.29, 0.717) is 50.6 Å². The zero-order valence-corrected chi connectivity index (χ0v) is 17.2. The third kappa shape index (κ3) is 3.69. The number of aromatic nitrogens is 2. The van der Waals surface area contributed by atoms with Crippen molar-refractivity contribution < 1.29 is 14.0 Å². The van der Waals surface area contributed by atoms with E-state index in [-0.39, 0.29) is 17.9 Å². The summed E-state index contributed by atoms with van der Waals surface area (Å²) >= 11 is 0. The zero-order valence-electron chi connectivity index (χ0n) is 17.2. The molecule has 2 aliphatic heterocycles. The Balaban J connectivity index is 1.49. The van der Waals surface area contributed by atoms with Crippen LogP contribution in [0.3, 0.4) is 0 Å². The summed E-state index contributed by atoms with van der Waals surface area (Å²) in [6, 6.07) is 1.49. The van der Waals surface area contributed by atoms with Crippen molar-refractivity contribution in [3.05, 3.63) is 41.4 Å². The minimum absolute atomic E-state index is 0.0167. The first kappa shape index (κ1) is 19.7. The largest absolute Gasteiger partial charge is 0.459 e. The number of fused-ring (bicyclic) bond motifs is 2. The molecule has 1 atom stereocenters. The number of nitrogens with zero attached hydrogens (tertiary/aromatic N) is 2. The minimum atomic E-state index is -0.400. The highest BCUT2D eigenvalue weighted by atomic mass is 16.3. The Morgan fingerprint density at radius 2 is 2.14 bits per heavy atom. The first-order valence-corrected chi connectivity index (χ1v) is 10.3. The molecular formula is C21H29N5O3. The molecule has 3 N–H and O–H groups in total. The number of H-pyrrole nitrogens is 1. The van der Waals surface area contributed by atoms with Gasteiger partial charge in [0, 0.05) is 37.3 Å². The quantitative estimate of drug-likeness (QED) is 0.727. The third-order valence-corrected chi connectivity index (χ3v) is 5.99. The van der Waals surface area contributed by atoms with E-state index in [2.05, 4.69) is 34.4 Å². The van der Waals surface area contributed by atoms with Gasteiger partial charge in [0.25, 0.3) is 5.91 Å². The molecule has 1 saturated heterocycles. The molecule has 4 heterocycles. The summed E-state index contributed by atoms with van der Waals surface area (Å²) in [5.41, 5.74) is 2.44. The topological polar surface area (TPSA) is 103 Å². The zero-order chi connectivity index (χ0) is 20.6. The van der Waals surface area contributed by atoms with Crippen molar-refractivity contribution in [2.24, 2.45) is 5.92 Å². The van der Waals surface area contributed by atoms with Crippen LogP contribution >= 0.6 is 0 Å². The average Bonchev–Trinajstić information content (AvgIpc) is 3.35. The number of likely N-dealkylation sites (tertiary alicyclic amines) is 1. The first-order chi connectivity index (χ1) is 13.9. The lowest BCUT2D eigenvalue weighted by Crippen LogP contribution is -2.62. The van der Waals surface area contributed by atoms with Gasteiger partial charge in [-0.2, -0.15) is 0 Å². The van der Waals surface area contributed by atoms with Crippen molar-refractivity contribution in [2.75, 3.05) is 19.6 Å². The summed E-state index contributed by atoms with van der Waals surface area (Å²) in [4.78, 5) is 35.1. The second-order valence-corrected chi connectivity index (χ2v) is 8.58. The average molecular weight is 399 g/mol. The number of nitrogens with one attached hydrogen (secondary N) is 3. The summed E-state index contributed by atoms with van der Waals surface area (Å²) in [6.45, 7) is 7.86. The standard InChI is InChI=1S/C21H29N5O3/c1-13(2)11-22-19(27)16-10-15-18(24-12-23-15)21(25-16)5-7-26(8-6-21)20(28)17-14(3)4-9-29-17/h4,9,12-13,16,25H,5-8,10-11H2,1-3H3,(H,22,27)(H,23,24)/t16-/m0/s1. The number of aromatic amines is 1. The van der Waals surface area contributed by atoms with E-state index in [1.807, 2.05) is 11.8 Å². The molecule has 2 aromatic heterocycles. The molecule has 156 valence electrons. The molecule has 1 fully saturated rings. The van der Waals surface area contributed by atoms with Crippen LogP contribution in [0.25, 0.3) is 0 Å². The Bertz CT molecular complexity index is 892. The molecule has 0 bridgehead atoms. The van der Waals surface area contributed by atoms with E-state index < -0.39 is 5.54 Å². The summed E-state index contributed by atoms with van der Waals surface area (Å²) in [7, 11) is 0. The van der Waals surface area contributed by atoms with Gasteiger partial charge in [-0.1, -0.05) is 13.8 Å². The molecular weight excluding hydrogens is 370 g/mol. The Labute approximate surface area is 170 Å². The lowest BCUT2D eigenvalue weighted by molar-refractivity contribution is -0.124. The third-order valence-electron chi connectivity index (χ3n) is 5.99. The van der Waals surface area contributed by atoms with E-state index in [1.165, 1.54) is 0 Å². The van der Waals surface area contributed by atoms with Crippen LogP contribution in [-0.2, 0) is 16.8 Å². The van der Waals surface area contributed by atoms with Crippen LogP contribution in [0.4, 0.5) is 0 Å². The number of aryl methyl sites for hydroxylation is 1. The molecule has 0 radical (unpaired) electrons. The van der Waals surface area contributed by atoms with Gasteiger partial charge in [-0.25, -0.2) is 4.98 Å². The van der Waals surface area contributed by atoms with E-state index >= 15 is 0 Å². The molecule has 1 spiro atoms. The smallest absolute Gasteiger partial charge is 0.289 e. The van der Waals surface area contributed by atoms with E-state index in [0.717, 1.165) is 17.0 Å². The van der Waals surface area contributed by atoms with Crippen LogP contribution in [0.2, 0.25) is 0 Å². The number of furan rings is 1. The van der Waals surface area contributed by atoms with Crippen molar-refractivity contribution in [3.63, 3.8) is 0 Å². The molecule has 8 nitrogen and oxygen atoms in total. The van der Waals surface area contributed by atoms with Gasteiger partial charge < -0.3 is 19.6 Å². The first-order valence-electron chi connectivity index (χ1n) is 10.3. The lowest BCUT2D eigenvalue weighted by Gasteiger charge is -2.46. The number of hydrogen-bond acceptors (Lipinski definition) is 5. The minimum Gasteiger partial charge on any atom is -0.459 e. The number of imidazole rings is 1. The normalized spacial score (nSPS) is 20.7. The number of carbonyl (C=O) groups excluding carboxylic acids is 2. The highest BCUT2D eigenvalue weighted by molar-refractivity contribution is 5.93. The molecule has 0 saturated carbocycles. The van der Waals surface area contributed by atoms with Crippen molar-refractivity contribution in [3.8, 4) is 0 Å². The van der Waals surface area contributed by atoms with Gasteiger partial charge in [-0.15, -0.1) is 0 Å². The fraction of sp³-hybridized carbons (Fsp3) is 0.571. The Morgan fingerprint density at radius 1 is 1.38 bits per heavy atom. The summed E-state index contributed by atoms with van der Waals surface area (Å²) in [6.07, 6.45) is 5.24. The van der Waals surface area contributed by atoms with Crippen LogP contribution in [0.15, 0.2) is 23.1 Å². The van der Waals surface area contributed by atoms with Crippen LogP contribution < -0.4 is 10.6 Å². The predicted molar refractivity (Wildman–Crippen MR) is 107 cm³/mol. The SMILES string of the molecule is Cc1ccoc1C(=O)N1CCC2(CC1)N[C@H](C(=O)NCC(C)C)Cc1[nH]cnc12. The van der Waals surface area contributed by atoms with Crippen LogP contribution in [0.1, 0.15) is 54.2 Å². The number of amides is 2. The van der Waals surface area contributed by atoms with Crippen LogP contribution in [-0.4, -0.2) is 52.4 Å². The summed E-state index contributed by atoms with van der Waals surface area (Å²) < 4.78 is 5.38. The molecule has 0 aromatic carbocycles. The maximum atomic E-state index is 12.8. The molecule has 2 aliphatic rings. The van der Waals surface area contributed by atoms with E-state index in [1.54, 1.807) is 18.7 Å². The predicted octanol–water partition coefficient (Wildman–Crippen LogP) is 1.73. The Hall–Kier alpha value is -2.61. The number of piperidine rings is 1. The molecule has 8 heteroatoms. The Kier molecular flexibility index (Phi) is 5.21. The van der Waals surface area contributed by atoms with Gasteiger partial charge in [0.2, 0.25) is 5.91 Å². The van der Waals surface area contributed by atoms with E-state index in [9.17, 15) is 9.59 Å². The maximum Gasteiger partial charge on any atom is 0.289 e. The second kappa shape index (κ2) is 7.67. The van der Waals surface area contributed by atoms with Gasteiger partial charge >= 0.3 is 0 Å². The van der Waals surface area contributed by atoms with Gasteiger partial charge in [0.15, 0.2) is 5.76 Å². The van der Waals surface area contributed by atoms with Crippen LogP contribution in [0, 0.1) is 12.8 Å². The molecule has 29 heavy (non-hydrogen) atoms. The van der Waals surface area contributed by atoms with Crippen molar-refractivity contribution in [1.29, 1.82) is 0 Å². The molecule has 2 aromatic rings. The monoisotopic (exact) mass is 399 g/mol. The maximum absolute atomic E-state index is 12.8. The molecule has 4 rings (SSSR count). The highest BCUT2D eigenvalue weighted by Gasteiger charge is 2.46. The van der Waals surface area contributed by atoms with Crippen LogP contribution in [0.5, 0.6) is 0 Å². The van der Waals surface area contributed by atoms with Gasteiger partial charge in [0.05, 0.1) is 29.9 Å². The summed E-state index contributed by atoms with van der Waals surface area (Å²) in [5, 5.41) is 6.62. The number of hydrogen-bond donors (Lipinski definition) is 3. The molecule has 0 aliphatic carbocycles. The van der Waals surface area contributed by atoms with Crippen molar-refractivity contribution in [2.45, 2.75) is 51.6 Å². The second-order valence-electron chi connectivity index (χ2n) is 8.58. The Morgan fingerprint density at radius 3 is 2.79 bits per heavy atom. The van der Waals surface area contributed by atoms with Gasteiger partial charge in [0.1, 0.15) is 0 Å². The number of carbonyl (C=O) groups is 2. The summed E-state index contributed by atoms with van der Waals surface area (Å²) in [5.74, 6) is 0.747. The van der Waals surface area contributed by atoms with E-state index in [4.69, 9.17) is 4.42 Å². The van der Waals surface area contributed by atoms with Crippen molar-refractivity contribution in [1.82, 2.24) is 25.5 Å². The molecule has 2 amide bonds. The fourth-order valence-corrected chi connectivity index (χ4v) is 4.34. The highest BCUT2D eigenvalue weighted by Crippen LogP contribution is 2.37.